The number of nitrogens with zero attached hydrogens (tertiary/aromatic N) is 2. The van der Waals surface area contributed by atoms with Crippen molar-refractivity contribution in [1.29, 1.82) is 0 Å². The number of hydrogen-bond acceptors (Lipinski definition) is 4. The van der Waals surface area contributed by atoms with Gasteiger partial charge in [-0.25, -0.2) is 0 Å². The summed E-state index contributed by atoms with van der Waals surface area (Å²) in [7, 11) is 0. The molecule has 0 N–H and O–H groups in total. The molecular weight excluding hydrogens is 352 g/mol. The Bertz CT molecular complexity index is 882. The molecule has 1 saturated heterocycles. The van der Waals surface area contributed by atoms with Crippen LogP contribution in [0.3, 0.4) is 0 Å². The number of fused-ring (bicyclic) bond motifs is 2. The van der Waals surface area contributed by atoms with Gasteiger partial charge in [-0.05, 0) is 48.1 Å². The molecule has 2 aromatic carbocycles. The Balaban J connectivity index is 1.28. The second kappa shape index (κ2) is 7.47. The Labute approximate surface area is 165 Å². The maximum atomic E-state index is 13.1. The molecule has 0 spiro atoms. The molecule has 0 radical (unpaired) electrons. The third-order valence-electron chi connectivity index (χ3n) is 6.09. The summed E-state index contributed by atoms with van der Waals surface area (Å²) in [6.07, 6.45) is 3.08. The van der Waals surface area contributed by atoms with E-state index >= 15 is 0 Å². The number of hydrogen-bond donors (Lipinski definition) is 0. The maximum absolute atomic E-state index is 13.1. The minimum Gasteiger partial charge on any atom is -0.486 e. The fourth-order valence-corrected chi connectivity index (χ4v) is 4.65. The van der Waals surface area contributed by atoms with Gasteiger partial charge >= 0.3 is 0 Å². The van der Waals surface area contributed by atoms with Crippen molar-refractivity contribution in [2.24, 2.45) is 0 Å². The van der Waals surface area contributed by atoms with Crippen molar-refractivity contribution in [3.8, 4) is 11.5 Å². The maximum Gasteiger partial charge on any atom is 0.237 e. The van der Waals surface area contributed by atoms with E-state index in [0.717, 1.165) is 56.0 Å². The molecule has 5 rings (SSSR count). The SMILES string of the molecule is O=C(CN1CCc2ccccc2C1)N1CCCC1c1ccc2c(c1)OCCO2. The molecule has 5 nitrogen and oxygen atoms in total. The molecular formula is C23H26N2O3. The summed E-state index contributed by atoms with van der Waals surface area (Å²) in [4.78, 5) is 17.5. The standard InChI is InChI=1S/C23H26N2O3/c26-23(16-24-11-9-17-4-1-2-5-19(17)15-24)25-10-3-6-20(25)18-7-8-21-22(14-18)28-13-12-27-21/h1-2,4-5,7-8,14,20H,3,6,9-13,15-16H2. The summed E-state index contributed by atoms with van der Waals surface area (Å²) in [6, 6.07) is 14.8. The van der Waals surface area contributed by atoms with Gasteiger partial charge < -0.3 is 14.4 Å². The number of amides is 1. The molecule has 28 heavy (non-hydrogen) atoms. The summed E-state index contributed by atoms with van der Waals surface area (Å²) < 4.78 is 11.4. The zero-order chi connectivity index (χ0) is 18.9. The van der Waals surface area contributed by atoms with Crippen molar-refractivity contribution in [1.82, 2.24) is 9.80 Å². The molecule has 1 amide bonds. The highest BCUT2D eigenvalue weighted by atomic mass is 16.6. The molecule has 0 aromatic heterocycles. The molecule has 3 aliphatic rings. The first-order valence-corrected chi connectivity index (χ1v) is 10.3. The molecule has 3 aliphatic heterocycles. The lowest BCUT2D eigenvalue weighted by atomic mass is 10.00. The van der Waals surface area contributed by atoms with E-state index in [1.165, 1.54) is 11.1 Å². The molecule has 2 aromatic rings. The lowest BCUT2D eigenvalue weighted by Gasteiger charge is -2.32. The predicted octanol–water partition coefficient (Wildman–Crippen LogP) is 3.18. The minimum absolute atomic E-state index is 0.139. The topological polar surface area (TPSA) is 42.0 Å². The van der Waals surface area contributed by atoms with Crippen molar-refractivity contribution >= 4 is 5.91 Å². The molecule has 1 fully saturated rings. The van der Waals surface area contributed by atoms with Gasteiger partial charge in [-0.3, -0.25) is 9.69 Å². The molecule has 0 bridgehead atoms. The van der Waals surface area contributed by atoms with E-state index in [1.807, 2.05) is 6.07 Å². The van der Waals surface area contributed by atoms with E-state index in [9.17, 15) is 4.79 Å². The molecule has 1 unspecified atom stereocenters. The van der Waals surface area contributed by atoms with E-state index in [0.29, 0.717) is 19.8 Å². The first kappa shape index (κ1) is 17.6. The zero-order valence-electron chi connectivity index (χ0n) is 16.1. The van der Waals surface area contributed by atoms with Crippen molar-refractivity contribution in [2.45, 2.75) is 31.8 Å². The number of rotatable bonds is 3. The monoisotopic (exact) mass is 378 g/mol. The van der Waals surface area contributed by atoms with Gasteiger partial charge in [0.15, 0.2) is 11.5 Å². The van der Waals surface area contributed by atoms with Gasteiger partial charge in [0.25, 0.3) is 0 Å². The van der Waals surface area contributed by atoms with Gasteiger partial charge in [0.1, 0.15) is 13.2 Å². The largest absolute Gasteiger partial charge is 0.486 e. The van der Waals surface area contributed by atoms with E-state index in [-0.39, 0.29) is 11.9 Å². The van der Waals surface area contributed by atoms with Crippen LogP contribution in [0.25, 0.3) is 0 Å². The summed E-state index contributed by atoms with van der Waals surface area (Å²) in [5.74, 6) is 1.84. The Morgan fingerprint density at radius 1 is 1.00 bits per heavy atom. The smallest absolute Gasteiger partial charge is 0.237 e. The van der Waals surface area contributed by atoms with E-state index in [1.54, 1.807) is 0 Å². The summed E-state index contributed by atoms with van der Waals surface area (Å²) in [5, 5.41) is 0. The zero-order valence-corrected chi connectivity index (χ0v) is 16.1. The van der Waals surface area contributed by atoms with E-state index < -0.39 is 0 Å². The number of benzene rings is 2. The third kappa shape index (κ3) is 3.35. The molecule has 0 aliphatic carbocycles. The van der Waals surface area contributed by atoms with Crippen LogP contribution in [-0.2, 0) is 17.8 Å². The first-order valence-electron chi connectivity index (χ1n) is 10.3. The Morgan fingerprint density at radius 3 is 2.71 bits per heavy atom. The number of carbonyl (C=O) groups is 1. The van der Waals surface area contributed by atoms with Gasteiger partial charge in [-0.1, -0.05) is 30.3 Å². The molecule has 0 saturated carbocycles. The first-order chi connectivity index (χ1) is 13.8. The number of carbonyl (C=O) groups excluding carboxylic acids is 1. The highest BCUT2D eigenvalue weighted by Crippen LogP contribution is 2.38. The summed E-state index contributed by atoms with van der Waals surface area (Å²) >= 11 is 0. The van der Waals surface area contributed by atoms with Gasteiger partial charge in [0.05, 0.1) is 12.6 Å². The van der Waals surface area contributed by atoms with Crippen LogP contribution in [-0.4, -0.2) is 48.6 Å². The predicted molar refractivity (Wildman–Crippen MR) is 107 cm³/mol. The lowest BCUT2D eigenvalue weighted by Crippen LogP contribution is -2.42. The van der Waals surface area contributed by atoms with Gasteiger partial charge in [0.2, 0.25) is 5.91 Å². The third-order valence-corrected chi connectivity index (χ3v) is 6.09. The Morgan fingerprint density at radius 2 is 1.82 bits per heavy atom. The second-order valence-corrected chi connectivity index (χ2v) is 7.88. The Hall–Kier alpha value is -2.53. The minimum atomic E-state index is 0.139. The van der Waals surface area contributed by atoms with Crippen molar-refractivity contribution in [2.75, 3.05) is 32.8 Å². The second-order valence-electron chi connectivity index (χ2n) is 7.88. The van der Waals surface area contributed by atoms with E-state index in [2.05, 4.69) is 46.2 Å². The van der Waals surface area contributed by atoms with Gasteiger partial charge in [-0.2, -0.15) is 0 Å². The Kier molecular flexibility index (Phi) is 4.69. The summed E-state index contributed by atoms with van der Waals surface area (Å²) in [6.45, 7) is 4.33. The van der Waals surface area contributed by atoms with Crippen LogP contribution in [0, 0.1) is 0 Å². The molecule has 146 valence electrons. The van der Waals surface area contributed by atoms with Crippen LogP contribution in [0.2, 0.25) is 0 Å². The van der Waals surface area contributed by atoms with E-state index in [4.69, 9.17) is 9.47 Å². The van der Waals surface area contributed by atoms with Crippen LogP contribution in [0.5, 0.6) is 11.5 Å². The average molecular weight is 378 g/mol. The lowest BCUT2D eigenvalue weighted by molar-refractivity contribution is -0.133. The summed E-state index contributed by atoms with van der Waals surface area (Å²) in [5.41, 5.74) is 3.92. The van der Waals surface area contributed by atoms with Crippen LogP contribution in [0.4, 0.5) is 0 Å². The fraction of sp³-hybridized carbons (Fsp3) is 0.435. The molecule has 3 heterocycles. The fourth-order valence-electron chi connectivity index (χ4n) is 4.65. The van der Waals surface area contributed by atoms with Crippen LogP contribution in [0.15, 0.2) is 42.5 Å². The van der Waals surface area contributed by atoms with Crippen LogP contribution < -0.4 is 9.47 Å². The van der Waals surface area contributed by atoms with Crippen molar-refractivity contribution < 1.29 is 14.3 Å². The quantitative estimate of drug-likeness (QED) is 0.823. The van der Waals surface area contributed by atoms with Crippen LogP contribution in [0.1, 0.15) is 35.6 Å². The molecule has 5 heteroatoms. The van der Waals surface area contributed by atoms with Crippen LogP contribution >= 0.6 is 0 Å². The molecule has 1 atom stereocenters. The normalized spacial score (nSPS) is 21.4. The number of ether oxygens (including phenoxy) is 2. The highest BCUT2D eigenvalue weighted by molar-refractivity contribution is 5.79. The highest BCUT2D eigenvalue weighted by Gasteiger charge is 2.32. The van der Waals surface area contributed by atoms with Crippen molar-refractivity contribution in [3.05, 3.63) is 59.2 Å². The van der Waals surface area contributed by atoms with Gasteiger partial charge in [-0.15, -0.1) is 0 Å². The van der Waals surface area contributed by atoms with Crippen molar-refractivity contribution in [3.63, 3.8) is 0 Å². The number of likely N-dealkylation sites (tertiary alicyclic amines) is 1. The van der Waals surface area contributed by atoms with Gasteiger partial charge in [0, 0.05) is 19.6 Å². The average Bonchev–Trinajstić information content (AvgIpc) is 3.23.